The van der Waals surface area contributed by atoms with Crippen molar-refractivity contribution in [3.63, 3.8) is 0 Å². The first-order chi connectivity index (χ1) is 7.29. The number of morpholine rings is 1. The molecule has 0 saturated carbocycles. The Balaban J connectivity index is 1.94. The second-order valence-corrected chi connectivity index (χ2v) is 5.10. The first-order valence-electron chi connectivity index (χ1n) is 5.09. The van der Waals surface area contributed by atoms with Crippen LogP contribution in [0, 0.1) is 0 Å². The summed E-state index contributed by atoms with van der Waals surface area (Å²) in [6, 6.07) is 0.452. The Morgan fingerprint density at radius 2 is 2.60 bits per heavy atom. The highest BCUT2D eigenvalue weighted by atomic mass is 35.5. The fourth-order valence-corrected chi connectivity index (χ4v) is 2.52. The van der Waals surface area contributed by atoms with E-state index in [-0.39, 0.29) is 6.10 Å². The molecular formula is C10H15ClN2OS. The Labute approximate surface area is 99.0 Å². The van der Waals surface area contributed by atoms with Crippen LogP contribution in [0.15, 0.2) is 11.6 Å². The first kappa shape index (κ1) is 11.3. The van der Waals surface area contributed by atoms with E-state index in [2.05, 4.69) is 16.8 Å². The number of alkyl halides is 1. The number of ether oxygens (including phenoxy) is 1. The molecule has 0 aromatic carbocycles. The Hall–Kier alpha value is -0.160. The number of halogens is 1. The highest BCUT2D eigenvalue weighted by molar-refractivity contribution is 7.09. The van der Waals surface area contributed by atoms with Crippen molar-refractivity contribution < 1.29 is 4.74 Å². The average Bonchev–Trinajstić information content (AvgIpc) is 2.74. The quantitative estimate of drug-likeness (QED) is 0.763. The lowest BCUT2D eigenvalue weighted by Gasteiger charge is -2.36. The standard InChI is InChI=1S/C10H15ClN2OS/c1-8-7-14-9(4-11)5-13(8)6-10-12-2-3-15-10/h2-3,8-9H,4-7H2,1H3. The highest BCUT2D eigenvalue weighted by Gasteiger charge is 2.25. The van der Waals surface area contributed by atoms with Gasteiger partial charge in [0, 0.05) is 30.0 Å². The van der Waals surface area contributed by atoms with E-state index in [1.807, 2.05) is 11.6 Å². The van der Waals surface area contributed by atoms with Crippen LogP contribution >= 0.6 is 22.9 Å². The van der Waals surface area contributed by atoms with Crippen LogP contribution < -0.4 is 0 Å². The molecule has 1 saturated heterocycles. The van der Waals surface area contributed by atoms with Gasteiger partial charge in [-0.05, 0) is 6.92 Å². The third-order valence-corrected chi connectivity index (χ3v) is 3.74. The van der Waals surface area contributed by atoms with Crippen molar-refractivity contribution in [2.24, 2.45) is 0 Å². The molecule has 0 spiro atoms. The minimum absolute atomic E-state index is 0.169. The summed E-state index contributed by atoms with van der Waals surface area (Å²) in [5.41, 5.74) is 0. The van der Waals surface area contributed by atoms with Crippen LogP contribution in [-0.2, 0) is 11.3 Å². The second-order valence-electron chi connectivity index (χ2n) is 3.81. The zero-order valence-corrected chi connectivity index (χ0v) is 10.3. The summed E-state index contributed by atoms with van der Waals surface area (Å²) in [6.45, 7) is 4.76. The normalized spacial score (nSPS) is 28.1. The molecule has 1 aromatic heterocycles. The Morgan fingerprint density at radius 1 is 1.73 bits per heavy atom. The molecule has 1 aliphatic heterocycles. The van der Waals surface area contributed by atoms with Gasteiger partial charge < -0.3 is 4.74 Å². The molecule has 1 fully saturated rings. The maximum absolute atomic E-state index is 5.81. The summed E-state index contributed by atoms with van der Waals surface area (Å²) in [7, 11) is 0. The van der Waals surface area contributed by atoms with Crippen LogP contribution in [0.2, 0.25) is 0 Å². The monoisotopic (exact) mass is 246 g/mol. The summed E-state index contributed by atoms with van der Waals surface area (Å²) in [6.07, 6.45) is 2.02. The van der Waals surface area contributed by atoms with Gasteiger partial charge in [-0.25, -0.2) is 4.98 Å². The third kappa shape index (κ3) is 2.91. The predicted octanol–water partition coefficient (Wildman–Crippen LogP) is 1.97. The Morgan fingerprint density at radius 3 is 3.27 bits per heavy atom. The van der Waals surface area contributed by atoms with Crippen molar-refractivity contribution in [3.8, 4) is 0 Å². The summed E-state index contributed by atoms with van der Waals surface area (Å²) < 4.78 is 5.60. The lowest BCUT2D eigenvalue weighted by atomic mass is 10.2. The fraction of sp³-hybridized carbons (Fsp3) is 0.700. The molecule has 3 nitrogen and oxygen atoms in total. The molecule has 2 rings (SSSR count). The Kier molecular flexibility index (Phi) is 3.97. The van der Waals surface area contributed by atoms with Crippen LogP contribution in [0.4, 0.5) is 0 Å². The van der Waals surface area contributed by atoms with Crippen LogP contribution in [0.5, 0.6) is 0 Å². The minimum Gasteiger partial charge on any atom is -0.374 e. The summed E-state index contributed by atoms with van der Waals surface area (Å²) in [5.74, 6) is 0.571. The van der Waals surface area contributed by atoms with Gasteiger partial charge in [0.25, 0.3) is 0 Å². The van der Waals surface area contributed by atoms with Gasteiger partial charge >= 0.3 is 0 Å². The van der Waals surface area contributed by atoms with Crippen molar-refractivity contribution in [1.82, 2.24) is 9.88 Å². The number of aromatic nitrogens is 1. The van der Waals surface area contributed by atoms with Crippen LogP contribution in [0.3, 0.4) is 0 Å². The molecule has 0 N–H and O–H groups in total. The molecule has 0 bridgehead atoms. The van der Waals surface area contributed by atoms with E-state index >= 15 is 0 Å². The topological polar surface area (TPSA) is 25.4 Å². The molecule has 2 unspecified atom stereocenters. The summed E-state index contributed by atoms with van der Waals surface area (Å²) in [5, 5.41) is 3.18. The van der Waals surface area contributed by atoms with Crippen molar-refractivity contribution in [1.29, 1.82) is 0 Å². The van der Waals surface area contributed by atoms with Gasteiger partial charge in [0.2, 0.25) is 0 Å². The number of hydrogen-bond acceptors (Lipinski definition) is 4. The maximum atomic E-state index is 5.81. The van der Waals surface area contributed by atoms with E-state index in [1.54, 1.807) is 11.3 Å². The van der Waals surface area contributed by atoms with E-state index in [9.17, 15) is 0 Å². The molecule has 1 aromatic rings. The molecule has 1 aliphatic rings. The van der Waals surface area contributed by atoms with Crippen molar-refractivity contribution >= 4 is 22.9 Å². The van der Waals surface area contributed by atoms with Crippen LogP contribution in [0.25, 0.3) is 0 Å². The summed E-state index contributed by atoms with van der Waals surface area (Å²) >= 11 is 7.51. The molecule has 2 heterocycles. The van der Waals surface area contributed by atoms with Crippen molar-refractivity contribution in [2.75, 3.05) is 19.0 Å². The molecule has 0 radical (unpaired) electrons. The molecule has 0 aliphatic carbocycles. The van der Waals surface area contributed by atoms with E-state index in [1.165, 1.54) is 0 Å². The number of rotatable bonds is 3. The zero-order valence-electron chi connectivity index (χ0n) is 8.73. The lowest BCUT2D eigenvalue weighted by molar-refractivity contribution is -0.0510. The first-order valence-corrected chi connectivity index (χ1v) is 6.51. The van der Waals surface area contributed by atoms with E-state index in [4.69, 9.17) is 16.3 Å². The predicted molar refractivity (Wildman–Crippen MR) is 62.4 cm³/mol. The fourth-order valence-electron chi connectivity index (χ4n) is 1.69. The molecule has 15 heavy (non-hydrogen) atoms. The van der Waals surface area contributed by atoms with E-state index in [0.29, 0.717) is 11.9 Å². The highest BCUT2D eigenvalue weighted by Crippen LogP contribution is 2.17. The number of thiazole rings is 1. The van der Waals surface area contributed by atoms with Crippen molar-refractivity contribution in [3.05, 3.63) is 16.6 Å². The SMILES string of the molecule is CC1COC(CCl)CN1Cc1nccs1. The molecule has 84 valence electrons. The van der Waals surface area contributed by atoms with Gasteiger partial charge in [-0.15, -0.1) is 22.9 Å². The second kappa shape index (κ2) is 5.25. The lowest BCUT2D eigenvalue weighted by Crippen LogP contribution is -2.48. The Bertz CT molecular complexity index is 294. The van der Waals surface area contributed by atoms with Crippen LogP contribution in [0.1, 0.15) is 11.9 Å². The summed E-state index contributed by atoms with van der Waals surface area (Å²) in [4.78, 5) is 6.68. The average molecular weight is 247 g/mol. The van der Waals surface area contributed by atoms with Gasteiger partial charge in [-0.3, -0.25) is 4.90 Å². The van der Waals surface area contributed by atoms with Crippen LogP contribution in [-0.4, -0.2) is 41.1 Å². The maximum Gasteiger partial charge on any atom is 0.107 e. The van der Waals surface area contributed by atoms with Gasteiger partial charge in [0.15, 0.2) is 0 Å². The van der Waals surface area contributed by atoms with Gasteiger partial charge in [0.05, 0.1) is 19.3 Å². The molecule has 5 heteroatoms. The van der Waals surface area contributed by atoms with Gasteiger partial charge in [-0.2, -0.15) is 0 Å². The van der Waals surface area contributed by atoms with Crippen molar-refractivity contribution in [2.45, 2.75) is 25.6 Å². The molecule has 0 amide bonds. The van der Waals surface area contributed by atoms with E-state index in [0.717, 1.165) is 24.7 Å². The van der Waals surface area contributed by atoms with E-state index < -0.39 is 0 Å². The zero-order chi connectivity index (χ0) is 10.7. The largest absolute Gasteiger partial charge is 0.374 e. The molecular weight excluding hydrogens is 232 g/mol. The number of nitrogens with zero attached hydrogens (tertiary/aromatic N) is 2. The number of hydrogen-bond donors (Lipinski definition) is 0. The third-order valence-electron chi connectivity index (χ3n) is 2.63. The molecule has 2 atom stereocenters. The van der Waals surface area contributed by atoms with Gasteiger partial charge in [-0.1, -0.05) is 0 Å². The van der Waals surface area contributed by atoms with Gasteiger partial charge in [0.1, 0.15) is 5.01 Å². The minimum atomic E-state index is 0.169. The smallest absolute Gasteiger partial charge is 0.107 e.